The van der Waals surface area contributed by atoms with Crippen LogP contribution in [0, 0.1) is 6.92 Å². The second-order valence-electron chi connectivity index (χ2n) is 4.35. The molecule has 100 valence electrons. The lowest BCUT2D eigenvalue weighted by Crippen LogP contribution is -2.20. The molecule has 0 aliphatic carbocycles. The van der Waals surface area contributed by atoms with Crippen molar-refractivity contribution in [3.8, 4) is 0 Å². The number of nitrogens with two attached hydrogens (primary N) is 1. The summed E-state index contributed by atoms with van der Waals surface area (Å²) in [5.74, 6) is -0.160. The Morgan fingerprint density at radius 1 is 1.39 bits per heavy atom. The first-order valence-corrected chi connectivity index (χ1v) is 6.37. The van der Waals surface area contributed by atoms with Crippen LogP contribution in [0.25, 0.3) is 0 Å². The van der Waals surface area contributed by atoms with Crippen molar-refractivity contribution in [2.45, 2.75) is 33.1 Å². The molecule has 0 heterocycles. The molecule has 0 fully saturated rings. The van der Waals surface area contributed by atoms with Gasteiger partial charge in [0.1, 0.15) is 6.61 Å². The molecule has 18 heavy (non-hydrogen) atoms. The molecule has 0 bridgehead atoms. The first kappa shape index (κ1) is 14.5. The van der Waals surface area contributed by atoms with Crippen LogP contribution < -0.4 is 11.1 Å². The minimum atomic E-state index is -0.160. The van der Waals surface area contributed by atoms with Gasteiger partial charge in [0.25, 0.3) is 0 Å². The number of para-hydroxylation sites is 1. The first-order valence-electron chi connectivity index (χ1n) is 6.37. The second-order valence-corrected chi connectivity index (χ2v) is 4.35. The molecule has 1 rings (SSSR count). The van der Waals surface area contributed by atoms with Gasteiger partial charge in [0.2, 0.25) is 5.91 Å². The number of amides is 1. The van der Waals surface area contributed by atoms with E-state index in [0.29, 0.717) is 18.0 Å². The lowest BCUT2D eigenvalue weighted by atomic mass is 10.1. The molecule has 0 spiro atoms. The van der Waals surface area contributed by atoms with E-state index in [2.05, 4.69) is 12.2 Å². The summed E-state index contributed by atoms with van der Waals surface area (Å²) in [7, 11) is 0. The molecule has 0 radical (unpaired) electrons. The van der Waals surface area contributed by atoms with Gasteiger partial charge >= 0.3 is 0 Å². The van der Waals surface area contributed by atoms with Crippen LogP contribution in [-0.4, -0.2) is 19.1 Å². The van der Waals surface area contributed by atoms with Crippen LogP contribution in [0.15, 0.2) is 18.2 Å². The number of benzene rings is 1. The Bertz CT molecular complexity index is 371. The third kappa shape index (κ3) is 4.75. The number of unbranched alkanes of at least 4 members (excludes halogenated alkanes) is 2. The third-order valence-corrected chi connectivity index (χ3v) is 2.69. The van der Waals surface area contributed by atoms with Gasteiger partial charge in [0.05, 0.1) is 11.4 Å². The Kier molecular flexibility index (Phi) is 6.22. The average Bonchev–Trinajstić information content (AvgIpc) is 2.34. The van der Waals surface area contributed by atoms with Crippen LogP contribution in [0.2, 0.25) is 0 Å². The van der Waals surface area contributed by atoms with E-state index in [9.17, 15) is 4.79 Å². The lowest BCUT2D eigenvalue weighted by molar-refractivity contribution is -0.120. The second kappa shape index (κ2) is 7.71. The number of rotatable bonds is 7. The molecular formula is C14H22N2O2. The number of nitrogen functional groups attached to an aromatic ring is 1. The van der Waals surface area contributed by atoms with E-state index >= 15 is 0 Å². The van der Waals surface area contributed by atoms with Gasteiger partial charge in [-0.1, -0.05) is 31.9 Å². The maximum atomic E-state index is 11.7. The van der Waals surface area contributed by atoms with Crippen molar-refractivity contribution in [3.63, 3.8) is 0 Å². The molecule has 0 unspecified atom stereocenters. The van der Waals surface area contributed by atoms with Crippen molar-refractivity contribution in [2.24, 2.45) is 0 Å². The first-order chi connectivity index (χ1) is 8.65. The van der Waals surface area contributed by atoms with Crippen molar-refractivity contribution in [2.75, 3.05) is 24.3 Å². The van der Waals surface area contributed by atoms with E-state index in [1.165, 1.54) is 0 Å². The molecule has 4 heteroatoms. The van der Waals surface area contributed by atoms with Gasteiger partial charge in [-0.2, -0.15) is 0 Å². The van der Waals surface area contributed by atoms with Gasteiger partial charge in [-0.3, -0.25) is 4.79 Å². The van der Waals surface area contributed by atoms with Crippen LogP contribution in [0.1, 0.15) is 31.7 Å². The van der Waals surface area contributed by atoms with E-state index in [4.69, 9.17) is 10.5 Å². The summed E-state index contributed by atoms with van der Waals surface area (Å²) in [5.41, 5.74) is 8.02. The summed E-state index contributed by atoms with van der Waals surface area (Å²) in [6.07, 6.45) is 3.28. The number of aryl methyl sites for hydroxylation is 1. The summed E-state index contributed by atoms with van der Waals surface area (Å²) in [5, 5.41) is 2.78. The number of nitrogens with one attached hydrogen (secondary N) is 1. The smallest absolute Gasteiger partial charge is 0.250 e. The molecule has 0 aliphatic rings. The van der Waals surface area contributed by atoms with Gasteiger partial charge in [-0.25, -0.2) is 0 Å². The fourth-order valence-corrected chi connectivity index (χ4v) is 1.66. The number of ether oxygens (including phenoxy) is 1. The maximum absolute atomic E-state index is 11.7. The van der Waals surface area contributed by atoms with Gasteiger partial charge in [0, 0.05) is 6.61 Å². The average molecular weight is 250 g/mol. The monoisotopic (exact) mass is 250 g/mol. The maximum Gasteiger partial charge on any atom is 0.250 e. The van der Waals surface area contributed by atoms with E-state index in [0.717, 1.165) is 24.8 Å². The summed E-state index contributed by atoms with van der Waals surface area (Å²) in [6.45, 7) is 4.75. The van der Waals surface area contributed by atoms with E-state index < -0.39 is 0 Å². The minimum absolute atomic E-state index is 0.0808. The largest absolute Gasteiger partial charge is 0.397 e. The Labute approximate surface area is 109 Å². The summed E-state index contributed by atoms with van der Waals surface area (Å²) < 4.78 is 5.30. The molecule has 1 aromatic rings. The molecule has 0 saturated carbocycles. The number of carbonyl (C=O) groups excluding carboxylic acids is 1. The van der Waals surface area contributed by atoms with E-state index in [1.54, 1.807) is 6.07 Å². The summed E-state index contributed by atoms with van der Waals surface area (Å²) in [4.78, 5) is 11.7. The fraction of sp³-hybridized carbons (Fsp3) is 0.500. The molecule has 0 atom stereocenters. The minimum Gasteiger partial charge on any atom is -0.397 e. The van der Waals surface area contributed by atoms with Gasteiger partial charge in [-0.15, -0.1) is 0 Å². The molecule has 3 N–H and O–H groups in total. The summed E-state index contributed by atoms with van der Waals surface area (Å²) in [6, 6.07) is 5.54. The quantitative estimate of drug-likeness (QED) is 0.577. The standard InChI is InChI=1S/C14H22N2O2/c1-3-4-5-9-18-10-13(17)16-14-11(2)7-6-8-12(14)15/h6-8H,3-5,9-10,15H2,1-2H3,(H,16,17). The highest BCUT2D eigenvalue weighted by molar-refractivity contribution is 5.95. The zero-order valence-corrected chi connectivity index (χ0v) is 11.2. The summed E-state index contributed by atoms with van der Waals surface area (Å²) >= 11 is 0. The fourth-order valence-electron chi connectivity index (χ4n) is 1.66. The Morgan fingerprint density at radius 2 is 2.17 bits per heavy atom. The molecule has 4 nitrogen and oxygen atoms in total. The normalized spacial score (nSPS) is 10.3. The van der Waals surface area contributed by atoms with E-state index in [-0.39, 0.29) is 12.5 Å². The van der Waals surface area contributed by atoms with Crippen LogP contribution in [0.4, 0.5) is 11.4 Å². The van der Waals surface area contributed by atoms with Crippen LogP contribution in [0.5, 0.6) is 0 Å². The van der Waals surface area contributed by atoms with E-state index in [1.807, 2.05) is 19.1 Å². The van der Waals surface area contributed by atoms with Gasteiger partial charge in [-0.05, 0) is 25.0 Å². The third-order valence-electron chi connectivity index (χ3n) is 2.69. The molecule has 0 saturated heterocycles. The van der Waals surface area contributed by atoms with Gasteiger partial charge in [0.15, 0.2) is 0 Å². The molecule has 1 aromatic carbocycles. The highest BCUT2D eigenvalue weighted by atomic mass is 16.5. The highest BCUT2D eigenvalue weighted by Crippen LogP contribution is 2.22. The number of hydrogen-bond donors (Lipinski definition) is 2. The predicted octanol–water partition coefficient (Wildman–Crippen LogP) is 2.72. The van der Waals surface area contributed by atoms with Crippen LogP contribution >= 0.6 is 0 Å². The lowest BCUT2D eigenvalue weighted by Gasteiger charge is -2.11. The number of carbonyl (C=O) groups is 1. The number of hydrogen-bond acceptors (Lipinski definition) is 3. The SMILES string of the molecule is CCCCCOCC(=O)Nc1c(C)cccc1N. The van der Waals surface area contributed by atoms with Crippen molar-refractivity contribution in [1.29, 1.82) is 0 Å². The van der Waals surface area contributed by atoms with Crippen molar-refractivity contribution < 1.29 is 9.53 Å². The van der Waals surface area contributed by atoms with Gasteiger partial charge < -0.3 is 15.8 Å². The molecule has 1 amide bonds. The molecular weight excluding hydrogens is 228 g/mol. The Morgan fingerprint density at radius 3 is 2.83 bits per heavy atom. The van der Waals surface area contributed by atoms with Crippen molar-refractivity contribution in [1.82, 2.24) is 0 Å². The Balaban J connectivity index is 2.36. The zero-order valence-electron chi connectivity index (χ0n) is 11.2. The molecule has 0 aromatic heterocycles. The van der Waals surface area contributed by atoms with Crippen molar-refractivity contribution >= 4 is 17.3 Å². The predicted molar refractivity (Wildman–Crippen MR) is 74.6 cm³/mol. The topological polar surface area (TPSA) is 64.3 Å². The van der Waals surface area contributed by atoms with Crippen LogP contribution in [-0.2, 0) is 9.53 Å². The zero-order chi connectivity index (χ0) is 13.4. The Hall–Kier alpha value is -1.55. The highest BCUT2D eigenvalue weighted by Gasteiger charge is 2.07. The van der Waals surface area contributed by atoms with Crippen LogP contribution in [0.3, 0.4) is 0 Å². The van der Waals surface area contributed by atoms with Crippen molar-refractivity contribution in [3.05, 3.63) is 23.8 Å². The number of anilines is 2. The molecule has 0 aliphatic heterocycles.